The fourth-order valence-corrected chi connectivity index (χ4v) is 4.54. The van der Waals surface area contributed by atoms with Crippen molar-refractivity contribution in [3.05, 3.63) is 88.8 Å². The largest absolute Gasteiger partial charge is 0.493 e. The summed E-state index contributed by atoms with van der Waals surface area (Å²) in [7, 11) is 1.58. The Kier molecular flexibility index (Phi) is 8.07. The molecule has 1 fully saturated rings. The van der Waals surface area contributed by atoms with Crippen molar-refractivity contribution in [2.45, 2.75) is 19.8 Å². The third kappa shape index (κ3) is 5.78. The average Bonchev–Trinajstić information content (AvgIpc) is 3.19. The van der Waals surface area contributed by atoms with Crippen LogP contribution in [-0.4, -0.2) is 35.9 Å². The van der Waals surface area contributed by atoms with Gasteiger partial charge in [0, 0.05) is 0 Å². The molecule has 1 aliphatic heterocycles. The smallest absolute Gasteiger partial charge is 0.335 e. The maximum absolute atomic E-state index is 13.5. The van der Waals surface area contributed by atoms with Crippen LogP contribution >= 0.6 is 11.8 Å². The van der Waals surface area contributed by atoms with Gasteiger partial charge in [-0.2, -0.15) is 0 Å². The van der Waals surface area contributed by atoms with Crippen molar-refractivity contribution in [2.75, 3.05) is 18.6 Å². The molecule has 0 saturated carbocycles. The zero-order valence-electron chi connectivity index (χ0n) is 20.0. The quantitative estimate of drug-likeness (QED) is 0.270. The van der Waals surface area contributed by atoms with Gasteiger partial charge in [-0.3, -0.25) is 9.69 Å². The number of rotatable bonds is 9. The van der Waals surface area contributed by atoms with E-state index < -0.39 is 5.97 Å². The first-order valence-corrected chi connectivity index (χ1v) is 12.3. The van der Waals surface area contributed by atoms with Gasteiger partial charge in [-0.1, -0.05) is 43.7 Å². The molecular formula is C28H26N2O5S. The van der Waals surface area contributed by atoms with Gasteiger partial charge in [-0.05, 0) is 72.3 Å². The number of aliphatic imine (C=N–C) groups is 1. The molecule has 1 heterocycles. The summed E-state index contributed by atoms with van der Waals surface area (Å²) in [5.41, 5.74) is 2.03. The monoisotopic (exact) mass is 502 g/mol. The molecule has 8 heteroatoms. The van der Waals surface area contributed by atoms with Gasteiger partial charge in [-0.25, -0.2) is 9.79 Å². The summed E-state index contributed by atoms with van der Waals surface area (Å²) in [5.74, 6) is -0.00878. The van der Waals surface area contributed by atoms with E-state index in [1.165, 1.54) is 28.8 Å². The van der Waals surface area contributed by atoms with E-state index in [-0.39, 0.29) is 11.5 Å². The van der Waals surface area contributed by atoms with Crippen molar-refractivity contribution in [3.63, 3.8) is 0 Å². The van der Waals surface area contributed by atoms with E-state index in [0.29, 0.717) is 39.6 Å². The van der Waals surface area contributed by atoms with E-state index in [2.05, 4.69) is 11.9 Å². The highest BCUT2D eigenvalue weighted by atomic mass is 32.2. The van der Waals surface area contributed by atoms with E-state index in [0.717, 1.165) is 18.4 Å². The Balaban J connectivity index is 1.69. The van der Waals surface area contributed by atoms with Crippen LogP contribution in [0.5, 0.6) is 11.5 Å². The number of carboxylic acids is 1. The van der Waals surface area contributed by atoms with Crippen molar-refractivity contribution in [1.29, 1.82) is 0 Å². The molecule has 0 aromatic heterocycles. The minimum atomic E-state index is -1.04. The molecule has 3 aromatic rings. The maximum Gasteiger partial charge on any atom is 0.335 e. The molecule has 0 bridgehead atoms. The summed E-state index contributed by atoms with van der Waals surface area (Å²) in [4.78, 5) is 31.5. The zero-order chi connectivity index (χ0) is 25.5. The van der Waals surface area contributed by atoms with Gasteiger partial charge < -0.3 is 14.6 Å². The number of amides is 1. The van der Waals surface area contributed by atoms with Crippen LogP contribution in [0.25, 0.3) is 6.08 Å². The number of para-hydroxylation sites is 1. The summed E-state index contributed by atoms with van der Waals surface area (Å²) in [6.45, 7) is 2.71. The lowest BCUT2D eigenvalue weighted by molar-refractivity contribution is -0.113. The summed E-state index contributed by atoms with van der Waals surface area (Å²) >= 11 is 1.23. The number of nitrogens with zero attached hydrogens (tertiary/aromatic N) is 2. The zero-order valence-corrected chi connectivity index (χ0v) is 20.8. The van der Waals surface area contributed by atoms with Crippen LogP contribution in [-0.2, 0) is 4.79 Å². The summed E-state index contributed by atoms with van der Waals surface area (Å²) < 4.78 is 11.3. The number of aromatic carboxylic acids is 1. The number of unbranched alkanes of at least 4 members (excludes halogenated alkanes) is 1. The van der Waals surface area contributed by atoms with Crippen LogP contribution in [0.4, 0.5) is 11.4 Å². The SMILES string of the molecule is CCCCOc1ccc(/C=C2\SC(=Nc3cccc(C(=O)O)c3)N(c3ccccc3)C2=O)cc1OC. The highest BCUT2D eigenvalue weighted by molar-refractivity contribution is 8.19. The molecule has 0 radical (unpaired) electrons. The molecule has 0 spiro atoms. The normalized spacial score (nSPS) is 15.5. The predicted molar refractivity (Wildman–Crippen MR) is 143 cm³/mol. The first-order valence-electron chi connectivity index (χ1n) is 11.5. The number of hydrogen-bond donors (Lipinski definition) is 1. The van der Waals surface area contributed by atoms with Gasteiger partial charge in [0.1, 0.15) is 0 Å². The maximum atomic E-state index is 13.5. The van der Waals surface area contributed by atoms with Crippen molar-refractivity contribution in [1.82, 2.24) is 0 Å². The third-order valence-corrected chi connectivity index (χ3v) is 6.35. The standard InChI is InChI=1S/C28H26N2O5S/c1-3-4-15-35-23-14-13-19(16-24(23)34-2)17-25-26(31)30(22-11-6-5-7-12-22)28(36-25)29-21-10-8-9-20(18-21)27(32)33/h5-14,16-18H,3-4,15H2,1-2H3,(H,32,33)/b25-17-,29-28?. The lowest BCUT2D eigenvalue weighted by Crippen LogP contribution is -2.28. The summed E-state index contributed by atoms with van der Waals surface area (Å²) in [5, 5.41) is 9.76. The number of anilines is 1. The molecule has 36 heavy (non-hydrogen) atoms. The molecule has 0 aliphatic carbocycles. The summed E-state index contributed by atoms with van der Waals surface area (Å²) in [6, 6.07) is 21.1. The van der Waals surface area contributed by atoms with Gasteiger partial charge >= 0.3 is 5.97 Å². The molecule has 0 atom stereocenters. The number of carboxylic acid groups (broad SMARTS) is 1. The Morgan fingerprint density at radius 1 is 1.06 bits per heavy atom. The van der Waals surface area contributed by atoms with E-state index >= 15 is 0 Å². The number of carbonyl (C=O) groups excluding carboxylic acids is 1. The minimum Gasteiger partial charge on any atom is -0.493 e. The van der Waals surface area contributed by atoms with Crippen LogP contribution in [0.15, 0.2) is 82.7 Å². The molecule has 184 valence electrons. The fraction of sp³-hybridized carbons (Fsp3) is 0.179. The first kappa shape index (κ1) is 25.1. The molecule has 3 aromatic carbocycles. The highest BCUT2D eigenvalue weighted by Crippen LogP contribution is 2.38. The average molecular weight is 503 g/mol. The summed E-state index contributed by atoms with van der Waals surface area (Å²) in [6.07, 6.45) is 3.78. The first-order chi connectivity index (χ1) is 17.5. The number of benzene rings is 3. The Morgan fingerprint density at radius 3 is 2.58 bits per heavy atom. The second-order valence-corrected chi connectivity index (χ2v) is 8.96. The van der Waals surface area contributed by atoms with Gasteiger partial charge in [0.15, 0.2) is 16.7 Å². The third-order valence-electron chi connectivity index (χ3n) is 5.38. The van der Waals surface area contributed by atoms with Crippen LogP contribution in [0.1, 0.15) is 35.7 Å². The van der Waals surface area contributed by atoms with Crippen molar-refractivity contribution in [3.8, 4) is 11.5 Å². The van der Waals surface area contributed by atoms with Crippen molar-refractivity contribution >= 4 is 46.3 Å². The number of methoxy groups -OCH3 is 1. The molecule has 1 aliphatic rings. The van der Waals surface area contributed by atoms with Gasteiger partial charge in [0.2, 0.25) is 0 Å². The highest BCUT2D eigenvalue weighted by Gasteiger charge is 2.34. The minimum absolute atomic E-state index is 0.126. The van der Waals surface area contributed by atoms with Gasteiger partial charge in [0.25, 0.3) is 5.91 Å². The number of thioether (sulfide) groups is 1. The Labute approximate surface area is 214 Å². The number of amidine groups is 1. The van der Waals surface area contributed by atoms with Gasteiger partial charge in [0.05, 0.1) is 35.6 Å². The lowest BCUT2D eigenvalue weighted by Gasteiger charge is -2.15. The van der Waals surface area contributed by atoms with Crippen LogP contribution in [0.2, 0.25) is 0 Å². The Hall–Kier alpha value is -4.04. The predicted octanol–water partition coefficient (Wildman–Crippen LogP) is 6.38. The number of carbonyl (C=O) groups is 2. The van der Waals surface area contributed by atoms with Crippen LogP contribution < -0.4 is 14.4 Å². The van der Waals surface area contributed by atoms with E-state index in [1.54, 1.807) is 25.3 Å². The molecule has 0 unspecified atom stereocenters. The van der Waals surface area contributed by atoms with E-state index in [1.807, 2.05) is 48.5 Å². The fourth-order valence-electron chi connectivity index (χ4n) is 3.54. The molecule has 4 rings (SSSR count). The Morgan fingerprint density at radius 2 is 1.86 bits per heavy atom. The lowest BCUT2D eigenvalue weighted by atomic mass is 10.1. The molecule has 1 amide bonds. The molecule has 1 N–H and O–H groups in total. The Bertz CT molecular complexity index is 1320. The van der Waals surface area contributed by atoms with Crippen molar-refractivity contribution < 1.29 is 24.2 Å². The topological polar surface area (TPSA) is 88.4 Å². The van der Waals surface area contributed by atoms with Crippen LogP contribution in [0.3, 0.4) is 0 Å². The number of hydrogen-bond acceptors (Lipinski definition) is 6. The van der Waals surface area contributed by atoms with E-state index in [9.17, 15) is 14.7 Å². The second kappa shape index (κ2) is 11.6. The van der Waals surface area contributed by atoms with E-state index in [4.69, 9.17) is 9.47 Å². The van der Waals surface area contributed by atoms with Crippen molar-refractivity contribution in [2.24, 2.45) is 4.99 Å². The molecule has 7 nitrogen and oxygen atoms in total. The van der Waals surface area contributed by atoms with Crippen LogP contribution in [0, 0.1) is 0 Å². The molecule has 1 saturated heterocycles. The molecular weight excluding hydrogens is 476 g/mol. The second-order valence-electron chi connectivity index (χ2n) is 7.95. The number of ether oxygens (including phenoxy) is 2. The van der Waals surface area contributed by atoms with Gasteiger partial charge in [-0.15, -0.1) is 0 Å².